The molecule has 1 saturated heterocycles. The summed E-state index contributed by atoms with van der Waals surface area (Å²) in [6.07, 6.45) is 7.25. The van der Waals surface area contributed by atoms with Crippen molar-refractivity contribution in [3.05, 3.63) is 35.4 Å². The van der Waals surface area contributed by atoms with Gasteiger partial charge in [0.25, 0.3) is 0 Å². The zero-order valence-corrected chi connectivity index (χ0v) is 11.8. The Hall–Kier alpha value is -1.91. The Morgan fingerprint density at radius 3 is 2.10 bits per heavy atom. The molecule has 21 heavy (non-hydrogen) atoms. The zero-order valence-electron chi connectivity index (χ0n) is 11.8. The van der Waals surface area contributed by atoms with Crippen LogP contribution in [-0.4, -0.2) is 24.2 Å². The summed E-state index contributed by atoms with van der Waals surface area (Å²) in [5, 5.41) is 8.55. The molecule has 0 unspecified atom stereocenters. The van der Waals surface area contributed by atoms with Crippen LogP contribution in [0.2, 0.25) is 0 Å². The lowest BCUT2D eigenvalue weighted by atomic mass is 10.1. The highest BCUT2D eigenvalue weighted by molar-refractivity contribution is 5.85. The van der Waals surface area contributed by atoms with Crippen LogP contribution in [0.3, 0.4) is 0 Å². The Labute approximate surface area is 122 Å². The molecule has 114 valence electrons. The second-order valence-corrected chi connectivity index (χ2v) is 5.26. The van der Waals surface area contributed by atoms with Crippen LogP contribution in [0.5, 0.6) is 0 Å². The number of rotatable bonds is 3. The van der Waals surface area contributed by atoms with E-state index in [0.717, 1.165) is 31.8 Å². The van der Waals surface area contributed by atoms with Crippen molar-refractivity contribution in [1.29, 1.82) is 0 Å². The third-order valence-electron chi connectivity index (χ3n) is 3.63. The molecular formula is C16H19F2NO2. The van der Waals surface area contributed by atoms with Gasteiger partial charge >= 0.3 is 5.97 Å². The number of benzene rings is 1. The Bertz CT molecular complexity index is 512. The average Bonchev–Trinajstić information content (AvgIpc) is 2.37. The fourth-order valence-corrected chi connectivity index (χ4v) is 2.62. The van der Waals surface area contributed by atoms with Crippen LogP contribution < -0.4 is 4.90 Å². The van der Waals surface area contributed by atoms with E-state index in [2.05, 4.69) is 0 Å². The van der Waals surface area contributed by atoms with Crippen molar-refractivity contribution in [2.24, 2.45) is 0 Å². The summed E-state index contributed by atoms with van der Waals surface area (Å²) in [5.74, 6) is -2.43. The lowest BCUT2D eigenvalue weighted by Crippen LogP contribution is -2.28. The first-order valence-corrected chi connectivity index (χ1v) is 7.23. The van der Waals surface area contributed by atoms with Crippen molar-refractivity contribution in [2.75, 3.05) is 18.0 Å². The number of nitrogens with zero attached hydrogens (tertiary/aromatic N) is 1. The number of aliphatic carboxylic acids is 1. The number of carboxylic acid groups (broad SMARTS) is 1. The number of carboxylic acids is 1. The lowest BCUT2D eigenvalue weighted by Gasteiger charge is -2.27. The predicted molar refractivity (Wildman–Crippen MR) is 78.3 cm³/mol. The maximum absolute atomic E-state index is 14.2. The standard InChI is InChI=1S/C16H19F2NO2/c17-13-10-12(6-7-15(20)21)11-14(18)16(13)19-8-4-2-1-3-5-9-19/h6-7,10-11H,1-5,8-9H2,(H,20,21). The highest BCUT2D eigenvalue weighted by Crippen LogP contribution is 2.27. The molecule has 0 amide bonds. The van der Waals surface area contributed by atoms with Gasteiger partial charge in [0.2, 0.25) is 0 Å². The molecule has 0 bridgehead atoms. The van der Waals surface area contributed by atoms with Gasteiger partial charge in [-0.15, -0.1) is 0 Å². The molecule has 1 heterocycles. The first kappa shape index (κ1) is 15.5. The Morgan fingerprint density at radius 1 is 1.05 bits per heavy atom. The molecule has 0 spiro atoms. The van der Waals surface area contributed by atoms with E-state index < -0.39 is 17.6 Å². The van der Waals surface area contributed by atoms with Gasteiger partial charge in [0.05, 0.1) is 0 Å². The van der Waals surface area contributed by atoms with Crippen LogP contribution in [0, 0.1) is 11.6 Å². The number of carbonyl (C=O) groups is 1. The molecule has 3 nitrogen and oxygen atoms in total. The molecule has 0 saturated carbocycles. The van der Waals surface area contributed by atoms with E-state index >= 15 is 0 Å². The summed E-state index contributed by atoms with van der Waals surface area (Å²) >= 11 is 0. The van der Waals surface area contributed by atoms with Gasteiger partial charge in [0, 0.05) is 19.2 Å². The van der Waals surface area contributed by atoms with Crippen LogP contribution in [-0.2, 0) is 4.79 Å². The fourth-order valence-electron chi connectivity index (χ4n) is 2.62. The van der Waals surface area contributed by atoms with Gasteiger partial charge in [-0.2, -0.15) is 0 Å². The summed E-state index contributed by atoms with van der Waals surface area (Å²) < 4.78 is 28.4. The van der Waals surface area contributed by atoms with Gasteiger partial charge in [0.15, 0.2) is 0 Å². The first-order valence-electron chi connectivity index (χ1n) is 7.23. The minimum atomic E-state index is -1.15. The topological polar surface area (TPSA) is 40.5 Å². The van der Waals surface area contributed by atoms with Crippen molar-refractivity contribution in [3.63, 3.8) is 0 Å². The van der Waals surface area contributed by atoms with Gasteiger partial charge in [-0.3, -0.25) is 0 Å². The lowest BCUT2D eigenvalue weighted by molar-refractivity contribution is -0.131. The number of anilines is 1. The normalized spacial score (nSPS) is 16.8. The average molecular weight is 295 g/mol. The van der Waals surface area contributed by atoms with E-state index in [1.165, 1.54) is 24.6 Å². The molecule has 1 aromatic rings. The largest absolute Gasteiger partial charge is 0.478 e. The Morgan fingerprint density at radius 2 is 1.57 bits per heavy atom. The third kappa shape index (κ3) is 4.28. The van der Waals surface area contributed by atoms with E-state index in [0.29, 0.717) is 13.1 Å². The number of hydrogen-bond donors (Lipinski definition) is 1. The van der Waals surface area contributed by atoms with Crippen molar-refractivity contribution in [2.45, 2.75) is 32.1 Å². The van der Waals surface area contributed by atoms with E-state index in [1.807, 2.05) is 0 Å². The van der Waals surface area contributed by atoms with Gasteiger partial charge in [-0.05, 0) is 36.6 Å². The summed E-state index contributed by atoms with van der Waals surface area (Å²) in [6.45, 7) is 1.30. The summed E-state index contributed by atoms with van der Waals surface area (Å²) in [4.78, 5) is 12.2. The van der Waals surface area contributed by atoms with E-state index in [9.17, 15) is 13.6 Å². The van der Waals surface area contributed by atoms with Crippen molar-refractivity contribution < 1.29 is 18.7 Å². The van der Waals surface area contributed by atoms with E-state index in [1.54, 1.807) is 4.90 Å². The molecule has 0 radical (unpaired) electrons. The quantitative estimate of drug-likeness (QED) is 0.861. The predicted octanol–water partition coefficient (Wildman–Crippen LogP) is 3.83. The van der Waals surface area contributed by atoms with Crippen molar-refractivity contribution in [3.8, 4) is 0 Å². The maximum Gasteiger partial charge on any atom is 0.328 e. The molecule has 2 rings (SSSR count). The minimum absolute atomic E-state index is 0.00405. The van der Waals surface area contributed by atoms with Crippen LogP contribution in [0.25, 0.3) is 6.08 Å². The molecule has 0 aliphatic carbocycles. The smallest absolute Gasteiger partial charge is 0.328 e. The highest BCUT2D eigenvalue weighted by Gasteiger charge is 2.18. The van der Waals surface area contributed by atoms with Gasteiger partial charge < -0.3 is 10.0 Å². The number of hydrogen-bond acceptors (Lipinski definition) is 2. The van der Waals surface area contributed by atoms with E-state index in [4.69, 9.17) is 5.11 Å². The fraction of sp³-hybridized carbons (Fsp3) is 0.438. The summed E-state index contributed by atoms with van der Waals surface area (Å²) in [5.41, 5.74) is 0.215. The molecule has 1 N–H and O–H groups in total. The minimum Gasteiger partial charge on any atom is -0.478 e. The highest BCUT2D eigenvalue weighted by atomic mass is 19.1. The maximum atomic E-state index is 14.2. The third-order valence-corrected chi connectivity index (χ3v) is 3.63. The molecular weight excluding hydrogens is 276 g/mol. The molecule has 5 heteroatoms. The van der Waals surface area contributed by atoms with Crippen molar-refractivity contribution >= 4 is 17.7 Å². The Balaban J connectivity index is 2.24. The molecule has 1 aliphatic rings. The van der Waals surface area contributed by atoms with Crippen LogP contribution in [0.15, 0.2) is 18.2 Å². The monoisotopic (exact) mass is 295 g/mol. The van der Waals surface area contributed by atoms with Gasteiger partial charge in [0.1, 0.15) is 17.3 Å². The number of halogens is 2. The second kappa shape index (κ2) is 7.20. The van der Waals surface area contributed by atoms with Crippen LogP contribution in [0.1, 0.15) is 37.7 Å². The van der Waals surface area contributed by atoms with Crippen LogP contribution in [0.4, 0.5) is 14.5 Å². The molecule has 0 atom stereocenters. The molecule has 1 aromatic carbocycles. The van der Waals surface area contributed by atoms with Crippen molar-refractivity contribution in [1.82, 2.24) is 0 Å². The van der Waals surface area contributed by atoms with Gasteiger partial charge in [-0.25, -0.2) is 13.6 Å². The van der Waals surface area contributed by atoms with Crippen LogP contribution >= 0.6 is 0 Å². The van der Waals surface area contributed by atoms with Gasteiger partial charge in [-0.1, -0.05) is 19.3 Å². The van der Waals surface area contributed by atoms with E-state index in [-0.39, 0.29) is 11.3 Å². The second-order valence-electron chi connectivity index (χ2n) is 5.26. The zero-order chi connectivity index (χ0) is 15.2. The first-order chi connectivity index (χ1) is 10.1. The summed E-state index contributed by atoms with van der Waals surface area (Å²) in [7, 11) is 0. The Kier molecular flexibility index (Phi) is 5.31. The molecule has 0 aromatic heterocycles. The SMILES string of the molecule is O=C(O)C=Cc1cc(F)c(N2CCCCCCC2)c(F)c1. The summed E-state index contributed by atoms with van der Waals surface area (Å²) in [6, 6.07) is 2.35. The molecule has 1 fully saturated rings. The molecule has 1 aliphatic heterocycles.